The molecule has 20 heavy (non-hydrogen) atoms. The number of benzene rings is 1. The van der Waals surface area contributed by atoms with Crippen molar-refractivity contribution in [3.8, 4) is 0 Å². The zero-order valence-electron chi connectivity index (χ0n) is 9.86. The molecule has 0 fully saturated rings. The predicted octanol–water partition coefficient (Wildman–Crippen LogP) is -1.93. The van der Waals surface area contributed by atoms with Crippen LogP contribution in [0, 0.1) is 10.4 Å². The van der Waals surface area contributed by atoms with Gasteiger partial charge in [-0.2, -0.15) is 10.5 Å². The molecule has 108 valence electrons. The molecule has 0 heterocycles. The van der Waals surface area contributed by atoms with Gasteiger partial charge in [-0.05, 0) is 6.07 Å². The maximum Gasteiger partial charge on any atom is 0.328 e. The normalized spacial score (nSPS) is 14.0. The second-order valence-electron chi connectivity index (χ2n) is 3.53. The number of carboxylic acid groups (broad SMARTS) is 1. The number of aliphatic carboxylic acids is 1. The molecule has 0 aliphatic carbocycles. The third kappa shape index (κ3) is 4.40. The Morgan fingerprint density at radius 2 is 1.80 bits per heavy atom. The Kier molecular flexibility index (Phi) is 5.28. The number of quaternary nitrogens is 2. The fourth-order valence-corrected chi connectivity index (χ4v) is 1.28. The number of nitrogens with one attached hydrogen (secondary N) is 3. The van der Waals surface area contributed by atoms with Gasteiger partial charge >= 0.3 is 5.97 Å². The predicted molar refractivity (Wildman–Crippen MR) is 63.4 cm³/mol. The first-order valence-electron chi connectivity index (χ1n) is 5.14. The molecule has 2 unspecified atom stereocenters. The molecule has 2 atom stereocenters. The average Bonchev–Trinajstić information content (AvgIpc) is 2.36. The van der Waals surface area contributed by atoms with Crippen molar-refractivity contribution >= 4 is 28.9 Å². The van der Waals surface area contributed by atoms with Gasteiger partial charge in [0.1, 0.15) is 5.69 Å². The highest BCUT2D eigenvalue weighted by molar-refractivity contribution is 6.03. The lowest BCUT2D eigenvalue weighted by molar-refractivity contribution is -0.996. The van der Waals surface area contributed by atoms with Gasteiger partial charge in [-0.15, -0.1) is 0 Å². The Labute approximate surface area is 111 Å². The Hall–Kier alpha value is -2.34. The van der Waals surface area contributed by atoms with E-state index in [0.717, 1.165) is 18.2 Å². The van der Waals surface area contributed by atoms with Gasteiger partial charge in [0.05, 0.1) is 6.07 Å². The van der Waals surface area contributed by atoms with Crippen molar-refractivity contribution in [3.63, 3.8) is 0 Å². The lowest BCUT2D eigenvalue weighted by Crippen LogP contribution is -3.00. The quantitative estimate of drug-likeness (QED) is 0.271. The van der Waals surface area contributed by atoms with Gasteiger partial charge in [-0.25, -0.2) is 15.2 Å². The van der Waals surface area contributed by atoms with E-state index < -0.39 is 28.0 Å². The highest BCUT2D eigenvalue weighted by atomic mass is 16.8. The van der Waals surface area contributed by atoms with Crippen LogP contribution in [-0.2, 0) is 9.59 Å². The summed E-state index contributed by atoms with van der Waals surface area (Å²) in [4.78, 5) is 21.6. The molecule has 1 aromatic carbocycles. The topological polar surface area (TPSA) is 162 Å². The van der Waals surface area contributed by atoms with E-state index in [1.165, 1.54) is 0 Å². The van der Waals surface area contributed by atoms with Crippen LogP contribution in [0.5, 0.6) is 0 Å². The van der Waals surface area contributed by atoms with Crippen LogP contribution in [-0.4, -0.2) is 27.4 Å². The maximum absolute atomic E-state index is 11.3. The number of hydrogen-bond donors (Lipinski definition) is 6. The molecule has 0 spiro atoms. The molecule has 1 aromatic rings. The van der Waals surface area contributed by atoms with Gasteiger partial charge in [-0.1, -0.05) is 0 Å². The molecule has 0 bridgehead atoms. The van der Waals surface area contributed by atoms with Crippen molar-refractivity contribution in [3.05, 3.63) is 40.8 Å². The first kappa shape index (κ1) is 15.7. The molecule has 0 aliphatic rings. The Bertz CT molecular complexity index is 542. The van der Waals surface area contributed by atoms with E-state index >= 15 is 0 Å². The molecule has 6 N–H and O–H groups in total. The molecule has 0 saturated carbocycles. The molecule has 0 radical (unpaired) electrons. The highest BCUT2D eigenvalue weighted by Gasteiger charge is 2.14. The van der Waals surface area contributed by atoms with Crippen molar-refractivity contribution in [2.45, 2.75) is 0 Å². The minimum atomic E-state index is -1.43. The lowest BCUT2D eigenvalue weighted by Gasteiger charge is -2.18. The zero-order chi connectivity index (χ0) is 15.3. The van der Waals surface area contributed by atoms with Gasteiger partial charge in [0.2, 0.25) is 5.91 Å². The van der Waals surface area contributed by atoms with Gasteiger partial charge in [-0.3, -0.25) is 4.79 Å². The minimum Gasteiger partial charge on any atom is -0.595 e. The molecule has 1 rings (SSSR count). The summed E-state index contributed by atoms with van der Waals surface area (Å²) in [5.41, 5.74) is -0.800. The van der Waals surface area contributed by atoms with Crippen molar-refractivity contribution < 1.29 is 35.6 Å². The van der Waals surface area contributed by atoms with Crippen LogP contribution < -0.4 is 15.8 Å². The first-order chi connectivity index (χ1) is 9.31. The maximum atomic E-state index is 11.3. The minimum absolute atomic E-state index is 0.137. The summed E-state index contributed by atoms with van der Waals surface area (Å²) in [7, 11) is 0. The third-order valence-electron chi connectivity index (χ3n) is 2.13. The summed E-state index contributed by atoms with van der Waals surface area (Å²) in [6.07, 6.45) is 1.29. The van der Waals surface area contributed by atoms with Gasteiger partial charge in [0.15, 0.2) is 11.4 Å². The molecular formula is C10H11N3O7. The average molecular weight is 285 g/mol. The van der Waals surface area contributed by atoms with E-state index in [9.17, 15) is 20.0 Å². The standard InChI is InChI=1S/C10H11N3O7/c14-9(3-4-10(15)16)11-7-2-1-6(12(17)18)5-8(7)13(19)20/h1-5,12-13,17,19H,(H,11,14)(H,15,16). The fourth-order valence-electron chi connectivity index (χ4n) is 1.28. The summed E-state index contributed by atoms with van der Waals surface area (Å²) in [5.74, 6) is -2.18. The third-order valence-corrected chi connectivity index (χ3v) is 2.13. The number of carbonyl (C=O) groups excluding carboxylic acids is 1. The largest absolute Gasteiger partial charge is 0.595 e. The number of rotatable bonds is 5. The van der Waals surface area contributed by atoms with E-state index in [0.29, 0.717) is 12.2 Å². The van der Waals surface area contributed by atoms with E-state index in [2.05, 4.69) is 5.32 Å². The number of carboxylic acids is 1. The van der Waals surface area contributed by atoms with Crippen molar-refractivity contribution in [2.24, 2.45) is 0 Å². The second kappa shape index (κ2) is 6.72. The van der Waals surface area contributed by atoms with Crippen LogP contribution in [0.3, 0.4) is 0 Å². The van der Waals surface area contributed by atoms with Crippen LogP contribution in [0.2, 0.25) is 0 Å². The van der Waals surface area contributed by atoms with Crippen LogP contribution in [0.4, 0.5) is 17.1 Å². The molecule has 10 nitrogen and oxygen atoms in total. The Morgan fingerprint density at radius 1 is 1.15 bits per heavy atom. The van der Waals surface area contributed by atoms with E-state index in [1.54, 1.807) is 0 Å². The van der Waals surface area contributed by atoms with E-state index in [4.69, 9.17) is 15.5 Å². The summed E-state index contributed by atoms with van der Waals surface area (Å²) >= 11 is 0. The van der Waals surface area contributed by atoms with Gasteiger partial charge < -0.3 is 20.8 Å². The number of amides is 1. The number of hydrogen-bond acceptors (Lipinski definition) is 6. The molecule has 0 aromatic heterocycles. The van der Waals surface area contributed by atoms with Crippen LogP contribution in [0.15, 0.2) is 30.4 Å². The number of anilines is 1. The zero-order valence-corrected chi connectivity index (χ0v) is 9.86. The fraction of sp³-hybridized carbons (Fsp3) is 0. The van der Waals surface area contributed by atoms with Gasteiger partial charge in [0, 0.05) is 18.2 Å². The van der Waals surface area contributed by atoms with Crippen molar-refractivity contribution in [1.29, 1.82) is 0 Å². The molecular weight excluding hydrogens is 274 g/mol. The van der Waals surface area contributed by atoms with E-state index in [1.807, 2.05) is 0 Å². The lowest BCUT2D eigenvalue weighted by atomic mass is 10.2. The summed E-state index contributed by atoms with van der Waals surface area (Å²) < 4.78 is 0. The molecule has 10 heteroatoms. The summed E-state index contributed by atoms with van der Waals surface area (Å²) in [6, 6.07) is 3.12. The van der Waals surface area contributed by atoms with Gasteiger partial charge in [0.25, 0.3) is 0 Å². The number of carbonyl (C=O) groups is 2. The van der Waals surface area contributed by atoms with Crippen molar-refractivity contribution in [1.82, 2.24) is 0 Å². The Morgan fingerprint density at radius 3 is 2.30 bits per heavy atom. The molecule has 0 saturated heterocycles. The summed E-state index contributed by atoms with van der Waals surface area (Å²) in [6.45, 7) is 0. The summed E-state index contributed by atoms with van der Waals surface area (Å²) in [5, 5.41) is 47.2. The smallest absolute Gasteiger partial charge is 0.328 e. The van der Waals surface area contributed by atoms with Crippen molar-refractivity contribution in [2.75, 3.05) is 5.32 Å². The first-order valence-corrected chi connectivity index (χ1v) is 5.14. The molecule has 1 amide bonds. The van der Waals surface area contributed by atoms with Crippen LogP contribution in [0.25, 0.3) is 0 Å². The second-order valence-corrected chi connectivity index (χ2v) is 3.53. The Balaban J connectivity index is 3.00. The SMILES string of the molecule is O=C(O)C=CC(=O)Nc1ccc([NH+]([O-])O)cc1[NH+]([O-])O. The molecule has 0 aliphatic heterocycles. The van der Waals surface area contributed by atoms with Crippen LogP contribution >= 0.6 is 0 Å². The highest BCUT2D eigenvalue weighted by Crippen LogP contribution is 2.20. The van der Waals surface area contributed by atoms with E-state index in [-0.39, 0.29) is 11.4 Å². The monoisotopic (exact) mass is 285 g/mol. The van der Waals surface area contributed by atoms with Crippen LogP contribution in [0.1, 0.15) is 0 Å².